The van der Waals surface area contributed by atoms with Gasteiger partial charge in [-0.3, -0.25) is 0 Å². The Balaban J connectivity index is 5.63. The molecule has 0 aliphatic heterocycles. The van der Waals surface area contributed by atoms with Crippen LogP contribution < -0.4 is 0 Å². The molecule has 0 rings (SSSR count). The van der Waals surface area contributed by atoms with Gasteiger partial charge in [-0.25, -0.2) is 0 Å². The van der Waals surface area contributed by atoms with Gasteiger partial charge in [0.05, 0.1) is 0 Å². The first-order valence-electron chi connectivity index (χ1n) is 10.5. The fourth-order valence-corrected chi connectivity index (χ4v) is 20.5. The van der Waals surface area contributed by atoms with Gasteiger partial charge in [-0.2, -0.15) is 0 Å². The minimum absolute atomic E-state index is 0.0887. The van der Waals surface area contributed by atoms with Crippen LogP contribution in [0.1, 0.15) is 92.4 Å². The van der Waals surface area contributed by atoms with E-state index in [9.17, 15) is 4.79 Å². The van der Waals surface area contributed by atoms with Crippen LogP contribution >= 0.6 is 0 Å². The summed E-state index contributed by atoms with van der Waals surface area (Å²) < 4.78 is 11.2. The fraction of sp³-hybridized carbons (Fsp3) is 0.857. The molecule has 0 bridgehead atoms. The number of unbranched alkanes of at least 4 members (excludes halogenated alkanes) is 4. The van der Waals surface area contributed by atoms with Crippen molar-refractivity contribution < 1.29 is 9.53 Å². The van der Waals surface area contributed by atoms with Crippen molar-refractivity contribution in [3.05, 3.63) is 9.67 Å². The third kappa shape index (κ3) is 9.48. The van der Waals surface area contributed by atoms with E-state index in [1.165, 1.54) is 64.7 Å². The van der Waals surface area contributed by atoms with Gasteiger partial charge in [-0.1, -0.05) is 0 Å². The molecule has 0 unspecified atom stereocenters. The molecule has 3 heteroatoms. The summed E-state index contributed by atoms with van der Waals surface area (Å²) in [5.74, 6) is -0.0887. The van der Waals surface area contributed by atoms with Gasteiger partial charge in [0.1, 0.15) is 0 Å². The predicted octanol–water partition coefficient (Wildman–Crippen LogP) is 7.05. The predicted molar refractivity (Wildman–Crippen MR) is 109 cm³/mol. The van der Waals surface area contributed by atoms with Crippen molar-refractivity contribution >= 4 is 24.3 Å². The molecule has 0 fully saturated rings. The van der Waals surface area contributed by atoms with Crippen LogP contribution in [0.2, 0.25) is 13.3 Å². The average Bonchev–Trinajstić information content (AvgIpc) is 2.58. The Labute approximate surface area is 155 Å². The molecule has 2 nitrogen and oxygen atoms in total. The van der Waals surface area contributed by atoms with E-state index in [4.69, 9.17) is 4.74 Å². The van der Waals surface area contributed by atoms with E-state index in [0.717, 1.165) is 6.42 Å². The van der Waals surface area contributed by atoms with E-state index in [0.29, 0.717) is 6.61 Å². The molecular formula is C21H42O2Sn. The molecule has 0 aliphatic carbocycles. The van der Waals surface area contributed by atoms with Gasteiger partial charge in [-0.05, 0) is 0 Å². The van der Waals surface area contributed by atoms with Crippen LogP contribution in [0.15, 0.2) is 9.67 Å². The third-order valence-electron chi connectivity index (χ3n) is 5.09. The van der Waals surface area contributed by atoms with Crippen molar-refractivity contribution in [3.63, 3.8) is 0 Å². The molecule has 24 heavy (non-hydrogen) atoms. The molecule has 0 heterocycles. The molecule has 0 atom stereocenters. The van der Waals surface area contributed by atoms with Gasteiger partial charge in [-0.15, -0.1) is 0 Å². The number of hydrogen-bond acceptors (Lipinski definition) is 2. The first-order chi connectivity index (χ1) is 11.6. The third-order valence-corrected chi connectivity index (χ3v) is 21.3. The van der Waals surface area contributed by atoms with Crippen molar-refractivity contribution in [1.29, 1.82) is 0 Å². The number of hydrogen-bond donors (Lipinski definition) is 0. The van der Waals surface area contributed by atoms with Gasteiger partial charge in [0, 0.05) is 0 Å². The van der Waals surface area contributed by atoms with Gasteiger partial charge >= 0.3 is 156 Å². The Bertz CT molecular complexity index is 328. The molecule has 0 aliphatic rings. The maximum atomic E-state index is 12.2. The van der Waals surface area contributed by atoms with Crippen LogP contribution in [0, 0.1) is 0 Å². The molecule has 0 radical (unpaired) electrons. The van der Waals surface area contributed by atoms with Crippen LogP contribution in [-0.4, -0.2) is 31.0 Å². The summed E-state index contributed by atoms with van der Waals surface area (Å²) >= 11 is -2.46. The van der Waals surface area contributed by atoms with Crippen LogP contribution in [0.5, 0.6) is 0 Å². The topological polar surface area (TPSA) is 26.3 Å². The van der Waals surface area contributed by atoms with Crippen LogP contribution in [0.3, 0.4) is 0 Å². The van der Waals surface area contributed by atoms with Crippen LogP contribution in [0.4, 0.5) is 0 Å². The number of esters is 1. The van der Waals surface area contributed by atoms with Gasteiger partial charge < -0.3 is 0 Å². The Kier molecular flexibility index (Phi) is 15.3. The molecule has 0 spiro atoms. The van der Waals surface area contributed by atoms with E-state index < -0.39 is 18.4 Å². The summed E-state index contributed by atoms with van der Waals surface area (Å²) in [5.41, 5.74) is 0. The summed E-state index contributed by atoms with van der Waals surface area (Å²) in [4.78, 5) is 12.2. The Morgan fingerprint density at radius 3 is 1.62 bits per heavy atom. The van der Waals surface area contributed by atoms with Gasteiger partial charge in [0.2, 0.25) is 0 Å². The summed E-state index contributed by atoms with van der Waals surface area (Å²) in [6.07, 6.45) is 13.4. The number of carbonyl (C=O) groups is 1. The summed E-state index contributed by atoms with van der Waals surface area (Å²) in [5, 5.41) is 0. The first-order valence-corrected chi connectivity index (χ1v) is 18.0. The van der Waals surface area contributed by atoms with Crippen molar-refractivity contribution in [2.45, 2.75) is 106 Å². The molecule has 0 saturated heterocycles. The zero-order chi connectivity index (χ0) is 18.3. The zero-order valence-electron chi connectivity index (χ0n) is 17.1. The maximum absolute atomic E-state index is 12.2. The molecule has 0 amide bonds. The van der Waals surface area contributed by atoms with E-state index in [2.05, 4.69) is 27.7 Å². The quantitative estimate of drug-likeness (QED) is 0.153. The molecule has 142 valence electrons. The SMILES string of the molecule is CCCC/[C](=C/C(=O)OCC)[Sn]([CH2]CCC)([CH2]CCC)[CH2]CCC. The fourth-order valence-electron chi connectivity index (χ4n) is 3.59. The number of allylic oxidation sites excluding steroid dienone is 1. The van der Waals surface area contributed by atoms with Crippen molar-refractivity contribution in [3.8, 4) is 0 Å². The number of ether oxygens (including phenoxy) is 1. The molecular weight excluding hydrogens is 403 g/mol. The van der Waals surface area contributed by atoms with E-state index in [1.54, 1.807) is 3.59 Å². The Morgan fingerprint density at radius 1 is 0.792 bits per heavy atom. The average molecular weight is 445 g/mol. The molecule has 0 saturated carbocycles. The normalized spacial score (nSPS) is 12.5. The Morgan fingerprint density at radius 2 is 1.25 bits per heavy atom. The number of rotatable bonds is 15. The number of carbonyl (C=O) groups excluding carboxylic acids is 1. The van der Waals surface area contributed by atoms with Gasteiger partial charge in [0.25, 0.3) is 0 Å². The van der Waals surface area contributed by atoms with Crippen molar-refractivity contribution in [2.75, 3.05) is 6.61 Å². The van der Waals surface area contributed by atoms with Crippen molar-refractivity contribution in [1.82, 2.24) is 0 Å². The summed E-state index contributed by atoms with van der Waals surface area (Å²) in [6.45, 7) is 11.5. The second-order valence-electron chi connectivity index (χ2n) is 7.12. The molecule has 0 aromatic heterocycles. The van der Waals surface area contributed by atoms with Gasteiger partial charge in [0.15, 0.2) is 0 Å². The molecule has 0 aromatic carbocycles. The second-order valence-corrected chi connectivity index (χ2v) is 20.5. The summed E-state index contributed by atoms with van der Waals surface area (Å²) in [7, 11) is 0. The van der Waals surface area contributed by atoms with E-state index in [1.807, 2.05) is 13.0 Å². The first kappa shape index (κ1) is 24.0. The minimum atomic E-state index is -2.46. The molecule has 0 aromatic rings. The Hall–Kier alpha value is 0.00870. The standard InChI is InChI=1S/C9H15O2.3C4H9.Sn/c1-3-5-6-7-8-9(10)11-4-2;3*1-3-4-2;/h8H,3-6H2,1-2H3;3*1,3-4H2,2H3;. The van der Waals surface area contributed by atoms with E-state index in [-0.39, 0.29) is 5.97 Å². The zero-order valence-corrected chi connectivity index (χ0v) is 19.9. The monoisotopic (exact) mass is 446 g/mol. The van der Waals surface area contributed by atoms with E-state index >= 15 is 0 Å². The second kappa shape index (κ2) is 15.3. The molecule has 0 N–H and O–H groups in total. The van der Waals surface area contributed by atoms with Crippen LogP contribution in [-0.2, 0) is 9.53 Å². The van der Waals surface area contributed by atoms with Crippen molar-refractivity contribution in [2.24, 2.45) is 0 Å². The van der Waals surface area contributed by atoms with Crippen LogP contribution in [0.25, 0.3) is 0 Å². The summed E-state index contributed by atoms with van der Waals surface area (Å²) in [6, 6.07) is 0.